The second kappa shape index (κ2) is 8.48. The van der Waals surface area contributed by atoms with Gasteiger partial charge >= 0.3 is 0 Å². The Labute approximate surface area is 135 Å². The second-order valence-electron chi connectivity index (χ2n) is 4.88. The van der Waals surface area contributed by atoms with Crippen molar-refractivity contribution in [1.29, 1.82) is 0 Å². The predicted octanol–water partition coefficient (Wildman–Crippen LogP) is 2.87. The molecule has 0 aliphatic heterocycles. The maximum absolute atomic E-state index is 12.1. The van der Waals surface area contributed by atoms with Crippen molar-refractivity contribution in [3.05, 3.63) is 66.0 Å². The highest BCUT2D eigenvalue weighted by atomic mass is 16.2. The monoisotopic (exact) mass is 309 g/mol. The van der Waals surface area contributed by atoms with Gasteiger partial charge in [0.1, 0.15) is 0 Å². The molecule has 0 atom stereocenters. The van der Waals surface area contributed by atoms with Gasteiger partial charge in [0, 0.05) is 18.8 Å². The van der Waals surface area contributed by atoms with Crippen LogP contribution >= 0.6 is 0 Å². The van der Waals surface area contributed by atoms with E-state index in [4.69, 9.17) is 0 Å². The number of nitrogens with zero attached hydrogens (tertiary/aromatic N) is 1. The normalized spacial score (nSPS) is 10.5. The molecule has 118 valence electrons. The van der Waals surface area contributed by atoms with Crippen molar-refractivity contribution in [2.24, 2.45) is 0 Å². The topological polar surface area (TPSA) is 71.1 Å². The number of para-hydroxylation sites is 1. The average Bonchev–Trinajstić information content (AvgIpc) is 2.59. The number of hydrogen-bond donors (Lipinski definition) is 2. The number of nitrogens with one attached hydrogen (secondary N) is 2. The number of amides is 2. The number of rotatable bonds is 6. The molecule has 0 saturated heterocycles. The third kappa shape index (κ3) is 5.07. The molecule has 23 heavy (non-hydrogen) atoms. The summed E-state index contributed by atoms with van der Waals surface area (Å²) in [5, 5.41) is 5.53. The van der Waals surface area contributed by atoms with Crippen molar-refractivity contribution < 1.29 is 9.59 Å². The first-order chi connectivity index (χ1) is 11.2. The number of carbonyl (C=O) groups excluding carboxylic acids is 2. The van der Waals surface area contributed by atoms with Crippen molar-refractivity contribution in [3.8, 4) is 0 Å². The molecule has 0 saturated carbocycles. The van der Waals surface area contributed by atoms with E-state index in [9.17, 15) is 9.59 Å². The molecule has 5 nitrogen and oxygen atoms in total. The van der Waals surface area contributed by atoms with Gasteiger partial charge in [0.2, 0.25) is 5.91 Å². The molecule has 0 spiro atoms. The quantitative estimate of drug-likeness (QED) is 0.806. The van der Waals surface area contributed by atoms with Crippen molar-refractivity contribution in [2.45, 2.75) is 13.3 Å². The van der Waals surface area contributed by atoms with Gasteiger partial charge in [-0.2, -0.15) is 0 Å². The largest absolute Gasteiger partial charge is 0.352 e. The zero-order valence-electron chi connectivity index (χ0n) is 13.0. The number of pyridine rings is 1. The van der Waals surface area contributed by atoms with E-state index < -0.39 is 0 Å². The Bertz CT molecular complexity index is 696. The molecular formula is C18H19N3O2. The fourth-order valence-electron chi connectivity index (χ4n) is 1.93. The zero-order chi connectivity index (χ0) is 16.5. The van der Waals surface area contributed by atoms with Crippen LogP contribution < -0.4 is 10.6 Å². The Morgan fingerprint density at radius 2 is 1.91 bits per heavy atom. The van der Waals surface area contributed by atoms with E-state index in [1.54, 1.807) is 42.6 Å². The number of hydrogen-bond acceptors (Lipinski definition) is 3. The zero-order valence-corrected chi connectivity index (χ0v) is 13.0. The van der Waals surface area contributed by atoms with Gasteiger partial charge in [0.25, 0.3) is 5.91 Å². The summed E-state index contributed by atoms with van der Waals surface area (Å²) in [5.41, 5.74) is 1.62. The van der Waals surface area contributed by atoms with E-state index in [1.807, 2.05) is 19.1 Å². The van der Waals surface area contributed by atoms with Gasteiger partial charge in [-0.05, 0) is 36.8 Å². The molecule has 2 rings (SSSR count). The van der Waals surface area contributed by atoms with Gasteiger partial charge in [-0.15, -0.1) is 0 Å². The van der Waals surface area contributed by atoms with Crippen LogP contribution in [0.15, 0.2) is 54.7 Å². The molecule has 0 fully saturated rings. The molecule has 0 aliphatic rings. The summed E-state index contributed by atoms with van der Waals surface area (Å²) in [6.45, 7) is 2.58. The second-order valence-corrected chi connectivity index (χ2v) is 4.88. The van der Waals surface area contributed by atoms with Crippen LogP contribution in [0.4, 0.5) is 5.69 Å². The molecule has 2 N–H and O–H groups in total. The van der Waals surface area contributed by atoms with Crippen LogP contribution in [0.5, 0.6) is 0 Å². The Balaban J connectivity index is 2.06. The molecule has 0 bridgehead atoms. The lowest BCUT2D eigenvalue weighted by Crippen LogP contribution is -2.25. The fourth-order valence-corrected chi connectivity index (χ4v) is 1.93. The molecule has 1 aromatic carbocycles. The molecule has 2 aromatic rings. The van der Waals surface area contributed by atoms with E-state index in [2.05, 4.69) is 15.6 Å². The molecule has 5 heteroatoms. The fraction of sp³-hybridized carbons (Fsp3) is 0.167. The highest BCUT2D eigenvalue weighted by Crippen LogP contribution is 2.15. The van der Waals surface area contributed by atoms with Gasteiger partial charge in [0.15, 0.2) is 0 Å². The van der Waals surface area contributed by atoms with Crippen molar-refractivity contribution in [3.63, 3.8) is 0 Å². The van der Waals surface area contributed by atoms with E-state index in [-0.39, 0.29) is 11.8 Å². The van der Waals surface area contributed by atoms with Crippen LogP contribution in [0.1, 0.15) is 29.4 Å². The van der Waals surface area contributed by atoms with Crippen molar-refractivity contribution in [2.75, 3.05) is 11.9 Å². The van der Waals surface area contributed by atoms with E-state index in [1.165, 1.54) is 6.08 Å². The standard InChI is InChI=1S/C18H19N3O2/c1-2-12-20-18(23)15-8-3-4-9-16(15)21-17(22)11-10-14-7-5-6-13-19-14/h3-11,13H,2,12H2,1H3,(H,20,23)(H,21,22)/b11-10+. The van der Waals surface area contributed by atoms with Gasteiger partial charge in [-0.1, -0.05) is 25.1 Å². The minimum absolute atomic E-state index is 0.198. The summed E-state index contributed by atoms with van der Waals surface area (Å²) in [7, 11) is 0. The Morgan fingerprint density at radius 3 is 2.65 bits per heavy atom. The summed E-state index contributed by atoms with van der Waals surface area (Å²) in [6, 6.07) is 12.4. The third-order valence-electron chi connectivity index (χ3n) is 3.06. The summed E-state index contributed by atoms with van der Waals surface area (Å²) in [5.74, 6) is -0.511. The van der Waals surface area contributed by atoms with Crippen LogP contribution in [0, 0.1) is 0 Å². The molecular weight excluding hydrogens is 290 g/mol. The van der Waals surface area contributed by atoms with Gasteiger partial charge < -0.3 is 10.6 Å². The maximum Gasteiger partial charge on any atom is 0.253 e. The molecule has 1 heterocycles. The molecule has 0 unspecified atom stereocenters. The first kappa shape index (κ1) is 16.4. The van der Waals surface area contributed by atoms with E-state index >= 15 is 0 Å². The Kier molecular flexibility index (Phi) is 6.06. The molecule has 0 radical (unpaired) electrons. The third-order valence-corrected chi connectivity index (χ3v) is 3.06. The molecule has 1 aromatic heterocycles. The Morgan fingerprint density at radius 1 is 1.13 bits per heavy atom. The minimum atomic E-state index is -0.314. The van der Waals surface area contributed by atoms with E-state index in [0.29, 0.717) is 23.5 Å². The number of aromatic nitrogens is 1. The summed E-state index contributed by atoms with van der Waals surface area (Å²) in [6.07, 6.45) is 5.52. The summed E-state index contributed by atoms with van der Waals surface area (Å²) in [4.78, 5) is 28.2. The van der Waals surface area contributed by atoms with Crippen molar-refractivity contribution >= 4 is 23.6 Å². The SMILES string of the molecule is CCCNC(=O)c1ccccc1NC(=O)/C=C/c1ccccn1. The van der Waals surface area contributed by atoms with Crippen LogP contribution in [-0.2, 0) is 4.79 Å². The molecule has 0 aliphatic carbocycles. The highest BCUT2D eigenvalue weighted by Gasteiger charge is 2.11. The van der Waals surface area contributed by atoms with Crippen LogP contribution in [0.3, 0.4) is 0 Å². The molecule has 2 amide bonds. The van der Waals surface area contributed by atoms with Crippen LogP contribution in [0.2, 0.25) is 0 Å². The lowest BCUT2D eigenvalue weighted by molar-refractivity contribution is -0.111. The first-order valence-electron chi connectivity index (χ1n) is 7.48. The minimum Gasteiger partial charge on any atom is -0.352 e. The number of carbonyl (C=O) groups is 2. The van der Waals surface area contributed by atoms with E-state index in [0.717, 1.165) is 6.42 Å². The van der Waals surface area contributed by atoms with Crippen LogP contribution in [0.25, 0.3) is 6.08 Å². The Hall–Kier alpha value is -2.95. The van der Waals surface area contributed by atoms with Gasteiger partial charge in [0.05, 0.1) is 16.9 Å². The van der Waals surface area contributed by atoms with Gasteiger partial charge in [-0.3, -0.25) is 14.6 Å². The van der Waals surface area contributed by atoms with Crippen molar-refractivity contribution in [1.82, 2.24) is 10.3 Å². The maximum atomic E-state index is 12.1. The van der Waals surface area contributed by atoms with Crippen LogP contribution in [-0.4, -0.2) is 23.3 Å². The highest BCUT2D eigenvalue weighted by molar-refractivity contribution is 6.07. The average molecular weight is 309 g/mol. The van der Waals surface area contributed by atoms with Gasteiger partial charge in [-0.25, -0.2) is 0 Å². The summed E-state index contributed by atoms with van der Waals surface area (Å²) < 4.78 is 0. The number of anilines is 1. The first-order valence-corrected chi connectivity index (χ1v) is 7.48. The smallest absolute Gasteiger partial charge is 0.253 e. The summed E-state index contributed by atoms with van der Waals surface area (Å²) >= 11 is 0. The lowest BCUT2D eigenvalue weighted by Gasteiger charge is -2.09. The number of benzene rings is 1. The predicted molar refractivity (Wildman–Crippen MR) is 91.0 cm³/mol. The lowest BCUT2D eigenvalue weighted by atomic mass is 10.1.